The van der Waals surface area contributed by atoms with Crippen LogP contribution in [-0.4, -0.2) is 66.7 Å². The number of rotatable bonds is 10. The summed E-state index contributed by atoms with van der Waals surface area (Å²) in [4.78, 5) is 20.6. The zero-order valence-corrected chi connectivity index (χ0v) is 12.6. The van der Waals surface area contributed by atoms with Crippen molar-refractivity contribution in [2.24, 2.45) is 0 Å². The lowest BCUT2D eigenvalue weighted by molar-refractivity contribution is -0.384. The van der Waals surface area contributed by atoms with Gasteiger partial charge in [-0.1, -0.05) is 0 Å². The summed E-state index contributed by atoms with van der Waals surface area (Å²) < 4.78 is 4.99. The largest absolute Gasteiger partial charge is 0.383 e. The third kappa shape index (κ3) is 5.88. The van der Waals surface area contributed by atoms with E-state index in [1.807, 2.05) is 14.0 Å². The molecular weight excluding hydrogens is 276 g/mol. The maximum Gasteiger partial charge on any atom is 0.329 e. The molecule has 0 bridgehead atoms. The fraction of sp³-hybridized carbons (Fsp3) is 0.667. The third-order valence-electron chi connectivity index (χ3n) is 2.76. The van der Waals surface area contributed by atoms with Crippen LogP contribution in [0.25, 0.3) is 0 Å². The maximum atomic E-state index is 11.0. The van der Waals surface area contributed by atoms with Gasteiger partial charge < -0.3 is 20.3 Å². The molecule has 118 valence electrons. The van der Waals surface area contributed by atoms with Gasteiger partial charge in [-0.3, -0.25) is 10.1 Å². The van der Waals surface area contributed by atoms with E-state index in [-0.39, 0.29) is 11.5 Å². The molecule has 0 aliphatic carbocycles. The molecule has 1 rings (SSSR count). The number of hydrogen-bond donors (Lipinski definition) is 2. The SMILES string of the molecule is CCNc1ncc([N+](=O)[O-])c(NCCN(C)CCOC)n1. The van der Waals surface area contributed by atoms with Gasteiger partial charge in [0.1, 0.15) is 6.20 Å². The van der Waals surface area contributed by atoms with E-state index in [1.165, 1.54) is 6.20 Å². The highest BCUT2D eigenvalue weighted by molar-refractivity contribution is 5.56. The van der Waals surface area contributed by atoms with Gasteiger partial charge in [-0.2, -0.15) is 4.98 Å². The van der Waals surface area contributed by atoms with Gasteiger partial charge in [0.25, 0.3) is 0 Å². The quantitative estimate of drug-likeness (QED) is 0.483. The molecular formula is C12H22N6O3. The number of nitro groups is 1. The monoisotopic (exact) mass is 298 g/mol. The Labute approximate surface area is 123 Å². The Morgan fingerprint density at radius 2 is 2.19 bits per heavy atom. The van der Waals surface area contributed by atoms with Gasteiger partial charge in [-0.15, -0.1) is 0 Å². The summed E-state index contributed by atoms with van der Waals surface area (Å²) >= 11 is 0. The van der Waals surface area contributed by atoms with E-state index in [4.69, 9.17) is 4.74 Å². The molecule has 0 saturated heterocycles. The molecule has 0 radical (unpaired) electrons. The smallest absolute Gasteiger partial charge is 0.329 e. The molecule has 9 heteroatoms. The van der Waals surface area contributed by atoms with E-state index >= 15 is 0 Å². The van der Waals surface area contributed by atoms with Gasteiger partial charge in [-0.05, 0) is 14.0 Å². The highest BCUT2D eigenvalue weighted by Crippen LogP contribution is 2.21. The van der Waals surface area contributed by atoms with E-state index < -0.39 is 4.92 Å². The standard InChI is InChI=1S/C12H22N6O3/c1-4-13-12-15-9-10(18(19)20)11(16-12)14-5-6-17(2)7-8-21-3/h9H,4-8H2,1-3H3,(H2,13,14,15,16). The van der Waals surface area contributed by atoms with Crippen LogP contribution in [-0.2, 0) is 4.74 Å². The van der Waals surface area contributed by atoms with Crippen LogP contribution in [0.1, 0.15) is 6.92 Å². The van der Waals surface area contributed by atoms with E-state index in [2.05, 4.69) is 25.5 Å². The van der Waals surface area contributed by atoms with Crippen LogP contribution < -0.4 is 10.6 Å². The summed E-state index contributed by atoms with van der Waals surface area (Å²) in [6.07, 6.45) is 1.21. The lowest BCUT2D eigenvalue weighted by atomic mass is 10.4. The van der Waals surface area contributed by atoms with Crippen molar-refractivity contribution in [3.8, 4) is 0 Å². The molecule has 0 aliphatic heterocycles. The van der Waals surface area contributed by atoms with Crippen molar-refractivity contribution >= 4 is 17.5 Å². The fourth-order valence-corrected chi connectivity index (χ4v) is 1.61. The zero-order valence-electron chi connectivity index (χ0n) is 12.6. The molecule has 2 N–H and O–H groups in total. The molecule has 0 saturated carbocycles. The van der Waals surface area contributed by atoms with E-state index in [0.29, 0.717) is 25.6 Å². The summed E-state index contributed by atoms with van der Waals surface area (Å²) in [5.41, 5.74) is -0.129. The molecule has 0 aromatic carbocycles. The van der Waals surface area contributed by atoms with Crippen LogP contribution in [0.3, 0.4) is 0 Å². The van der Waals surface area contributed by atoms with Gasteiger partial charge in [0.2, 0.25) is 11.8 Å². The Balaban J connectivity index is 2.62. The maximum absolute atomic E-state index is 11.0. The second-order valence-corrected chi connectivity index (χ2v) is 4.44. The molecule has 0 unspecified atom stereocenters. The van der Waals surface area contributed by atoms with Crippen LogP contribution in [0.15, 0.2) is 6.20 Å². The molecule has 0 fully saturated rings. The van der Waals surface area contributed by atoms with Crippen molar-refractivity contribution in [3.63, 3.8) is 0 Å². The van der Waals surface area contributed by atoms with Crippen molar-refractivity contribution in [1.29, 1.82) is 0 Å². The van der Waals surface area contributed by atoms with E-state index in [0.717, 1.165) is 13.1 Å². The Bertz CT molecular complexity index is 457. The highest BCUT2D eigenvalue weighted by Gasteiger charge is 2.16. The molecule has 21 heavy (non-hydrogen) atoms. The second kappa shape index (κ2) is 9.03. The minimum Gasteiger partial charge on any atom is -0.383 e. The van der Waals surface area contributed by atoms with Crippen molar-refractivity contribution in [2.75, 3.05) is 57.6 Å². The average molecular weight is 298 g/mol. The number of hydrogen-bond acceptors (Lipinski definition) is 8. The number of aromatic nitrogens is 2. The number of methoxy groups -OCH3 is 1. The highest BCUT2D eigenvalue weighted by atomic mass is 16.6. The first-order chi connectivity index (χ1) is 10.1. The summed E-state index contributed by atoms with van der Waals surface area (Å²) in [7, 11) is 3.61. The average Bonchev–Trinajstić information content (AvgIpc) is 2.45. The number of likely N-dealkylation sites (N-methyl/N-ethyl adjacent to an activating group) is 1. The summed E-state index contributed by atoms with van der Waals surface area (Å²) in [6.45, 7) is 5.27. The minimum absolute atomic E-state index is 0.129. The Kier molecular flexibility index (Phi) is 7.33. The van der Waals surface area contributed by atoms with Crippen LogP contribution in [0.2, 0.25) is 0 Å². The van der Waals surface area contributed by atoms with E-state index in [9.17, 15) is 10.1 Å². The summed E-state index contributed by atoms with van der Waals surface area (Å²) in [5.74, 6) is 0.601. The summed E-state index contributed by atoms with van der Waals surface area (Å²) in [6, 6.07) is 0. The number of anilines is 2. The number of nitrogens with one attached hydrogen (secondary N) is 2. The van der Waals surface area contributed by atoms with Crippen molar-refractivity contribution in [1.82, 2.24) is 14.9 Å². The zero-order chi connectivity index (χ0) is 15.7. The van der Waals surface area contributed by atoms with Crippen molar-refractivity contribution in [2.45, 2.75) is 6.92 Å². The normalized spacial score (nSPS) is 10.7. The van der Waals surface area contributed by atoms with Gasteiger partial charge in [0, 0.05) is 33.3 Å². The topological polar surface area (TPSA) is 105 Å². The van der Waals surface area contributed by atoms with Gasteiger partial charge in [0.15, 0.2) is 0 Å². The van der Waals surface area contributed by atoms with Gasteiger partial charge in [-0.25, -0.2) is 4.98 Å². The lowest BCUT2D eigenvalue weighted by Gasteiger charge is -2.16. The molecule has 0 aliphatic rings. The molecule has 0 spiro atoms. The van der Waals surface area contributed by atoms with Gasteiger partial charge in [0.05, 0.1) is 11.5 Å². The molecule has 0 amide bonds. The first kappa shape index (κ1) is 17.1. The predicted octanol–water partition coefficient (Wildman–Crippen LogP) is 0.807. The molecule has 1 aromatic rings. The Hall–Kier alpha value is -2.00. The van der Waals surface area contributed by atoms with Crippen LogP contribution in [0.5, 0.6) is 0 Å². The summed E-state index contributed by atoms with van der Waals surface area (Å²) in [5, 5.41) is 16.9. The Morgan fingerprint density at radius 3 is 2.81 bits per heavy atom. The minimum atomic E-state index is -0.493. The molecule has 1 heterocycles. The van der Waals surface area contributed by atoms with Crippen molar-refractivity contribution in [3.05, 3.63) is 16.3 Å². The fourth-order valence-electron chi connectivity index (χ4n) is 1.61. The van der Waals surface area contributed by atoms with E-state index in [1.54, 1.807) is 7.11 Å². The molecule has 0 atom stereocenters. The molecule has 1 aromatic heterocycles. The molecule has 9 nitrogen and oxygen atoms in total. The third-order valence-corrected chi connectivity index (χ3v) is 2.76. The van der Waals surface area contributed by atoms with Crippen LogP contribution in [0.4, 0.5) is 17.5 Å². The predicted molar refractivity (Wildman–Crippen MR) is 80.7 cm³/mol. The number of ether oxygens (including phenoxy) is 1. The first-order valence-corrected chi connectivity index (χ1v) is 6.75. The van der Waals surface area contributed by atoms with Gasteiger partial charge >= 0.3 is 5.69 Å². The van der Waals surface area contributed by atoms with Crippen molar-refractivity contribution < 1.29 is 9.66 Å². The van der Waals surface area contributed by atoms with Crippen LogP contribution in [0, 0.1) is 10.1 Å². The Morgan fingerprint density at radius 1 is 1.43 bits per heavy atom. The van der Waals surface area contributed by atoms with Crippen LogP contribution >= 0.6 is 0 Å². The number of nitrogens with zero attached hydrogens (tertiary/aromatic N) is 4. The second-order valence-electron chi connectivity index (χ2n) is 4.44. The lowest BCUT2D eigenvalue weighted by Crippen LogP contribution is -2.28. The first-order valence-electron chi connectivity index (χ1n) is 6.75.